The normalized spacial score (nSPS) is 21.1. The molecule has 0 aromatic carbocycles. The zero-order valence-electron chi connectivity index (χ0n) is 10.8. The third-order valence-electron chi connectivity index (χ3n) is 3.19. The molecule has 1 saturated heterocycles. The number of aryl methyl sites for hydroxylation is 1. The van der Waals surface area contributed by atoms with Crippen molar-refractivity contribution in [3.05, 3.63) is 11.7 Å². The van der Waals surface area contributed by atoms with Crippen molar-refractivity contribution in [2.24, 2.45) is 0 Å². The summed E-state index contributed by atoms with van der Waals surface area (Å²) in [5.41, 5.74) is 0. The molecule has 0 amide bonds. The summed E-state index contributed by atoms with van der Waals surface area (Å²) < 4.78 is 29.4. The smallest absolute Gasteiger partial charge is 0.243 e. The van der Waals surface area contributed by atoms with Crippen LogP contribution in [0.3, 0.4) is 0 Å². The molecule has 0 radical (unpaired) electrons. The molecule has 1 aromatic rings. The Hall–Kier alpha value is -0.990. The molecule has 1 unspecified atom stereocenters. The number of piperazine rings is 1. The molecule has 1 fully saturated rings. The van der Waals surface area contributed by atoms with Gasteiger partial charge < -0.3 is 4.52 Å². The molecule has 1 aromatic heterocycles. The van der Waals surface area contributed by atoms with Gasteiger partial charge in [0.2, 0.25) is 15.9 Å². The van der Waals surface area contributed by atoms with Crippen LogP contribution in [0.4, 0.5) is 0 Å². The monoisotopic (exact) mass is 274 g/mol. The number of sulfonamides is 1. The van der Waals surface area contributed by atoms with E-state index in [0.29, 0.717) is 37.9 Å². The highest BCUT2D eigenvalue weighted by atomic mass is 32.2. The third-order valence-corrected chi connectivity index (χ3v) is 4.49. The van der Waals surface area contributed by atoms with Gasteiger partial charge in [-0.25, -0.2) is 8.42 Å². The van der Waals surface area contributed by atoms with Crippen LogP contribution in [0.1, 0.15) is 24.7 Å². The van der Waals surface area contributed by atoms with Crippen molar-refractivity contribution in [3.63, 3.8) is 0 Å². The first-order chi connectivity index (χ1) is 8.38. The van der Waals surface area contributed by atoms with Crippen LogP contribution in [0, 0.1) is 6.92 Å². The highest BCUT2D eigenvalue weighted by Crippen LogP contribution is 2.20. The summed E-state index contributed by atoms with van der Waals surface area (Å²) >= 11 is 0. The van der Waals surface area contributed by atoms with Crippen molar-refractivity contribution in [1.29, 1.82) is 0 Å². The van der Waals surface area contributed by atoms with E-state index in [0.717, 1.165) is 0 Å². The Bertz CT molecular complexity index is 505. The van der Waals surface area contributed by atoms with Gasteiger partial charge >= 0.3 is 0 Å². The Morgan fingerprint density at radius 1 is 1.28 bits per heavy atom. The number of hydrogen-bond donors (Lipinski definition) is 0. The second-order valence-electron chi connectivity index (χ2n) is 4.55. The van der Waals surface area contributed by atoms with Gasteiger partial charge in [-0.15, -0.1) is 0 Å². The highest BCUT2D eigenvalue weighted by molar-refractivity contribution is 7.88. The summed E-state index contributed by atoms with van der Waals surface area (Å²) in [6.07, 6.45) is 1.24. The minimum atomic E-state index is -3.08. The van der Waals surface area contributed by atoms with Crippen LogP contribution in [-0.4, -0.2) is 60.2 Å². The molecule has 2 heterocycles. The van der Waals surface area contributed by atoms with Crippen LogP contribution in [0.25, 0.3) is 0 Å². The Kier molecular flexibility index (Phi) is 3.69. The molecule has 7 nitrogen and oxygen atoms in total. The largest absolute Gasteiger partial charge is 0.338 e. The molecule has 8 heteroatoms. The fourth-order valence-electron chi connectivity index (χ4n) is 2.06. The van der Waals surface area contributed by atoms with Gasteiger partial charge in [0.25, 0.3) is 0 Å². The van der Waals surface area contributed by atoms with Crippen LogP contribution in [0.15, 0.2) is 4.52 Å². The average Bonchev–Trinajstić information content (AvgIpc) is 2.74. The maximum atomic E-state index is 11.4. The molecule has 0 bridgehead atoms. The van der Waals surface area contributed by atoms with Crippen molar-refractivity contribution >= 4 is 10.0 Å². The molecule has 0 spiro atoms. The summed E-state index contributed by atoms with van der Waals surface area (Å²) in [4.78, 5) is 6.35. The standard InChI is InChI=1S/C10H18N4O3S/c1-8(10-11-9(2)12-17-10)13-4-6-14(7-5-13)18(3,15)16/h8H,4-7H2,1-3H3. The average molecular weight is 274 g/mol. The highest BCUT2D eigenvalue weighted by Gasteiger charge is 2.28. The summed E-state index contributed by atoms with van der Waals surface area (Å²) in [6.45, 7) is 6.14. The van der Waals surface area contributed by atoms with Crippen LogP contribution >= 0.6 is 0 Å². The molecular weight excluding hydrogens is 256 g/mol. The van der Waals surface area contributed by atoms with Gasteiger partial charge in [0, 0.05) is 26.2 Å². The van der Waals surface area contributed by atoms with E-state index in [1.54, 1.807) is 6.92 Å². The second-order valence-corrected chi connectivity index (χ2v) is 6.54. The van der Waals surface area contributed by atoms with Crippen molar-refractivity contribution < 1.29 is 12.9 Å². The first-order valence-electron chi connectivity index (χ1n) is 5.87. The minimum Gasteiger partial charge on any atom is -0.338 e. The Labute approximate surface area is 107 Å². The van der Waals surface area contributed by atoms with E-state index in [-0.39, 0.29) is 6.04 Å². The fraction of sp³-hybridized carbons (Fsp3) is 0.800. The number of aromatic nitrogens is 2. The first kappa shape index (κ1) is 13.4. The topological polar surface area (TPSA) is 79.5 Å². The van der Waals surface area contributed by atoms with E-state index < -0.39 is 10.0 Å². The van der Waals surface area contributed by atoms with Crippen molar-refractivity contribution in [2.75, 3.05) is 32.4 Å². The van der Waals surface area contributed by atoms with Gasteiger partial charge in [-0.05, 0) is 13.8 Å². The molecule has 1 atom stereocenters. The Morgan fingerprint density at radius 3 is 2.33 bits per heavy atom. The molecule has 1 aliphatic heterocycles. The number of hydrogen-bond acceptors (Lipinski definition) is 6. The third kappa shape index (κ3) is 2.88. The van der Waals surface area contributed by atoms with Gasteiger partial charge in [-0.3, -0.25) is 4.90 Å². The van der Waals surface area contributed by atoms with Crippen LogP contribution in [0.5, 0.6) is 0 Å². The molecule has 0 saturated carbocycles. The number of nitrogens with zero attached hydrogens (tertiary/aromatic N) is 4. The summed E-state index contributed by atoms with van der Waals surface area (Å²) in [6, 6.07) is 0.0212. The van der Waals surface area contributed by atoms with Gasteiger partial charge in [-0.2, -0.15) is 9.29 Å². The van der Waals surface area contributed by atoms with E-state index in [9.17, 15) is 8.42 Å². The van der Waals surface area contributed by atoms with E-state index >= 15 is 0 Å². The lowest BCUT2D eigenvalue weighted by Crippen LogP contribution is -2.48. The predicted octanol–water partition coefficient (Wildman–Crippen LogP) is 0.0162. The van der Waals surface area contributed by atoms with Gasteiger partial charge in [-0.1, -0.05) is 5.16 Å². The molecule has 18 heavy (non-hydrogen) atoms. The lowest BCUT2D eigenvalue weighted by Gasteiger charge is -2.35. The quantitative estimate of drug-likeness (QED) is 0.773. The predicted molar refractivity (Wildman–Crippen MR) is 65.4 cm³/mol. The lowest BCUT2D eigenvalue weighted by atomic mass is 10.2. The van der Waals surface area contributed by atoms with Crippen LogP contribution < -0.4 is 0 Å². The maximum absolute atomic E-state index is 11.4. The van der Waals surface area contributed by atoms with Gasteiger partial charge in [0.15, 0.2) is 5.82 Å². The zero-order valence-corrected chi connectivity index (χ0v) is 11.6. The fourth-order valence-corrected chi connectivity index (χ4v) is 2.89. The van der Waals surface area contributed by atoms with E-state index in [4.69, 9.17) is 4.52 Å². The summed E-state index contributed by atoms with van der Waals surface area (Å²) in [5.74, 6) is 1.20. The molecule has 0 N–H and O–H groups in total. The first-order valence-corrected chi connectivity index (χ1v) is 7.72. The van der Waals surface area contributed by atoms with E-state index in [1.165, 1.54) is 10.6 Å². The Morgan fingerprint density at radius 2 is 1.89 bits per heavy atom. The second kappa shape index (κ2) is 4.94. The van der Waals surface area contributed by atoms with Gasteiger partial charge in [0.1, 0.15) is 0 Å². The Balaban J connectivity index is 1.98. The maximum Gasteiger partial charge on any atom is 0.243 e. The zero-order chi connectivity index (χ0) is 13.3. The van der Waals surface area contributed by atoms with Crippen LogP contribution in [-0.2, 0) is 10.0 Å². The lowest BCUT2D eigenvalue weighted by molar-refractivity contribution is 0.124. The molecule has 0 aliphatic carbocycles. The molecule has 2 rings (SSSR count). The molecular formula is C10H18N4O3S. The van der Waals surface area contributed by atoms with Crippen molar-refractivity contribution in [1.82, 2.24) is 19.3 Å². The van der Waals surface area contributed by atoms with Crippen molar-refractivity contribution in [3.8, 4) is 0 Å². The SMILES string of the molecule is Cc1noc(C(C)N2CCN(S(C)(=O)=O)CC2)n1. The number of rotatable bonds is 3. The minimum absolute atomic E-state index is 0.0212. The van der Waals surface area contributed by atoms with E-state index in [2.05, 4.69) is 15.0 Å². The molecule has 102 valence electrons. The summed E-state index contributed by atoms with van der Waals surface area (Å²) in [5, 5.41) is 3.77. The van der Waals surface area contributed by atoms with Crippen molar-refractivity contribution in [2.45, 2.75) is 19.9 Å². The van der Waals surface area contributed by atoms with E-state index in [1.807, 2.05) is 6.92 Å². The van der Waals surface area contributed by atoms with Gasteiger partial charge in [0.05, 0.1) is 12.3 Å². The summed E-state index contributed by atoms with van der Waals surface area (Å²) in [7, 11) is -3.08. The van der Waals surface area contributed by atoms with Crippen LogP contribution in [0.2, 0.25) is 0 Å². The molecule has 1 aliphatic rings.